The highest BCUT2D eigenvalue weighted by Gasteiger charge is 2.17. The van der Waals surface area contributed by atoms with Gasteiger partial charge in [0.15, 0.2) is 0 Å². The van der Waals surface area contributed by atoms with Crippen molar-refractivity contribution in [3.05, 3.63) is 23.8 Å². The summed E-state index contributed by atoms with van der Waals surface area (Å²) in [6.07, 6.45) is 0.0810. The first kappa shape index (κ1) is 16.6. The molecule has 0 heterocycles. The Balaban J connectivity index is 3.03. The zero-order chi connectivity index (χ0) is 15.3. The number of nitrogens with one attached hydrogen (secondary N) is 2. The van der Waals surface area contributed by atoms with E-state index in [1.54, 1.807) is 13.8 Å². The summed E-state index contributed by atoms with van der Waals surface area (Å²) < 4.78 is 25.8. The molecule has 8 heteroatoms. The molecule has 6 nitrogen and oxygen atoms in total. The number of sulfonamides is 1. The Morgan fingerprint density at radius 3 is 2.40 bits per heavy atom. The first-order chi connectivity index (χ1) is 9.30. The normalized spacial score (nSPS) is 10.9. The van der Waals surface area contributed by atoms with Crippen molar-refractivity contribution in [1.29, 1.82) is 0 Å². The Labute approximate surface area is 126 Å². The van der Waals surface area contributed by atoms with Gasteiger partial charge in [-0.05, 0) is 30.7 Å². The molecule has 0 saturated carbocycles. The molecule has 0 radical (unpaired) electrons. The third-order valence-corrected chi connectivity index (χ3v) is 4.35. The van der Waals surface area contributed by atoms with Crippen LogP contribution in [-0.2, 0) is 19.6 Å². The monoisotopic (exact) mass is 362 g/mol. The number of carbonyl (C=O) groups excluding carboxylic acids is 2. The lowest BCUT2D eigenvalue weighted by molar-refractivity contribution is -0.119. The molecule has 1 rings (SSSR count). The predicted molar refractivity (Wildman–Crippen MR) is 79.2 cm³/mol. The predicted octanol–water partition coefficient (Wildman–Crippen LogP) is 1.54. The molecular weight excluding hydrogens is 348 g/mol. The summed E-state index contributed by atoms with van der Waals surface area (Å²) in [5.41, 5.74) is 1.11. The highest BCUT2D eigenvalue weighted by atomic mass is 79.9. The minimum absolute atomic E-state index is 0.0198. The number of anilines is 1. The summed E-state index contributed by atoms with van der Waals surface area (Å²) in [6, 6.07) is 4.22. The Hall–Kier alpha value is -1.41. The molecule has 0 atom stereocenters. The van der Waals surface area contributed by atoms with Crippen LogP contribution >= 0.6 is 15.9 Å². The number of hydrogen-bond donors (Lipinski definition) is 2. The Kier molecular flexibility index (Phi) is 5.70. The number of carbonyl (C=O) groups is 2. The minimum Gasteiger partial charge on any atom is -0.325 e. The number of hydrogen-bond acceptors (Lipinski definition) is 4. The molecule has 1 aromatic rings. The van der Waals surface area contributed by atoms with Crippen LogP contribution in [0.1, 0.15) is 18.9 Å². The van der Waals surface area contributed by atoms with E-state index in [1.165, 1.54) is 18.2 Å². The van der Waals surface area contributed by atoms with Gasteiger partial charge in [0.2, 0.25) is 11.8 Å². The second-order valence-corrected chi connectivity index (χ2v) is 6.28. The maximum absolute atomic E-state index is 11.9. The Bertz CT molecular complexity index is 628. The first-order valence-electron chi connectivity index (χ1n) is 5.82. The van der Waals surface area contributed by atoms with Gasteiger partial charge in [-0.2, -0.15) is 0 Å². The molecule has 0 aliphatic rings. The van der Waals surface area contributed by atoms with Gasteiger partial charge in [-0.25, -0.2) is 13.1 Å². The topological polar surface area (TPSA) is 92.3 Å². The molecule has 2 N–H and O–H groups in total. The molecular formula is C12H15BrN2O4S. The fourth-order valence-electron chi connectivity index (χ4n) is 1.41. The van der Waals surface area contributed by atoms with Crippen LogP contribution in [0.25, 0.3) is 0 Å². The van der Waals surface area contributed by atoms with Crippen molar-refractivity contribution in [2.75, 3.05) is 10.6 Å². The second-order valence-electron chi connectivity index (χ2n) is 4.04. The molecule has 1 aromatic carbocycles. The van der Waals surface area contributed by atoms with Crippen molar-refractivity contribution in [2.45, 2.75) is 25.2 Å². The van der Waals surface area contributed by atoms with E-state index < -0.39 is 15.9 Å². The highest BCUT2D eigenvalue weighted by molar-refractivity contribution is 9.09. The third kappa shape index (κ3) is 4.31. The van der Waals surface area contributed by atoms with E-state index in [0.717, 1.165) is 0 Å². The molecule has 0 fully saturated rings. The van der Waals surface area contributed by atoms with Crippen LogP contribution < -0.4 is 10.0 Å². The van der Waals surface area contributed by atoms with Crippen LogP contribution in [0.2, 0.25) is 0 Å². The number of aryl methyl sites for hydroxylation is 1. The van der Waals surface area contributed by atoms with Crippen LogP contribution in [0.15, 0.2) is 23.1 Å². The highest BCUT2D eigenvalue weighted by Crippen LogP contribution is 2.19. The van der Waals surface area contributed by atoms with E-state index in [1.807, 2.05) is 4.72 Å². The molecule has 110 valence electrons. The van der Waals surface area contributed by atoms with E-state index in [-0.39, 0.29) is 22.6 Å². The van der Waals surface area contributed by atoms with Gasteiger partial charge in [0.1, 0.15) is 0 Å². The van der Waals surface area contributed by atoms with Crippen molar-refractivity contribution in [3.8, 4) is 0 Å². The maximum Gasteiger partial charge on any atom is 0.264 e. The fourth-order valence-corrected chi connectivity index (χ4v) is 2.69. The Morgan fingerprint density at radius 1 is 1.25 bits per heavy atom. The van der Waals surface area contributed by atoms with Crippen molar-refractivity contribution < 1.29 is 18.0 Å². The molecule has 20 heavy (non-hydrogen) atoms. The largest absolute Gasteiger partial charge is 0.325 e. The maximum atomic E-state index is 11.9. The molecule has 0 aromatic heterocycles. The molecule has 0 aliphatic carbocycles. The summed E-state index contributed by atoms with van der Waals surface area (Å²) in [7, 11) is -3.87. The first-order valence-corrected chi connectivity index (χ1v) is 8.42. The summed E-state index contributed by atoms with van der Waals surface area (Å²) in [4.78, 5) is 22.4. The van der Waals surface area contributed by atoms with Crippen LogP contribution in [0.5, 0.6) is 0 Å². The van der Waals surface area contributed by atoms with E-state index in [9.17, 15) is 18.0 Å². The zero-order valence-corrected chi connectivity index (χ0v) is 13.5. The van der Waals surface area contributed by atoms with E-state index in [2.05, 4.69) is 21.2 Å². The summed E-state index contributed by atoms with van der Waals surface area (Å²) >= 11 is 3.02. The molecule has 0 unspecified atom stereocenters. The van der Waals surface area contributed by atoms with Crippen LogP contribution in [0.4, 0.5) is 5.69 Å². The Morgan fingerprint density at radius 2 is 1.90 bits per heavy atom. The van der Waals surface area contributed by atoms with Crippen molar-refractivity contribution in [3.63, 3.8) is 0 Å². The van der Waals surface area contributed by atoms with Gasteiger partial charge in [-0.15, -0.1) is 0 Å². The van der Waals surface area contributed by atoms with Crippen LogP contribution in [-0.4, -0.2) is 25.6 Å². The average Bonchev–Trinajstić information content (AvgIpc) is 2.40. The molecule has 2 amide bonds. The summed E-state index contributed by atoms with van der Waals surface area (Å²) in [5.74, 6) is -0.803. The van der Waals surface area contributed by atoms with Gasteiger partial charge in [-0.3, -0.25) is 9.59 Å². The van der Waals surface area contributed by atoms with Gasteiger partial charge < -0.3 is 5.32 Å². The second kappa shape index (κ2) is 6.85. The molecule has 0 saturated heterocycles. The SMILES string of the molecule is CCC(=O)NS(=O)(=O)c1ccc(NC(=O)CBr)c(C)c1. The lowest BCUT2D eigenvalue weighted by Gasteiger charge is -2.10. The van der Waals surface area contributed by atoms with Crippen molar-refractivity contribution in [2.24, 2.45) is 0 Å². The standard InChI is InChI=1S/C12H15BrN2O4S/c1-3-11(16)15-20(18,19)9-4-5-10(8(2)6-9)14-12(17)7-13/h4-6H,3,7H2,1-2H3,(H,14,17)(H,15,16). The number of benzene rings is 1. The van der Waals surface area contributed by atoms with Gasteiger partial charge in [-0.1, -0.05) is 22.9 Å². The van der Waals surface area contributed by atoms with E-state index in [4.69, 9.17) is 0 Å². The van der Waals surface area contributed by atoms with Crippen LogP contribution in [0.3, 0.4) is 0 Å². The number of amides is 2. The smallest absolute Gasteiger partial charge is 0.264 e. The van der Waals surface area contributed by atoms with Gasteiger partial charge in [0, 0.05) is 12.1 Å². The van der Waals surface area contributed by atoms with Crippen molar-refractivity contribution >= 4 is 43.5 Å². The van der Waals surface area contributed by atoms with Gasteiger partial charge >= 0.3 is 0 Å². The third-order valence-electron chi connectivity index (χ3n) is 2.47. The summed E-state index contributed by atoms with van der Waals surface area (Å²) in [6.45, 7) is 3.24. The fraction of sp³-hybridized carbons (Fsp3) is 0.333. The molecule has 0 spiro atoms. The van der Waals surface area contributed by atoms with Gasteiger partial charge in [0.25, 0.3) is 10.0 Å². The minimum atomic E-state index is -3.87. The zero-order valence-electron chi connectivity index (χ0n) is 11.1. The van der Waals surface area contributed by atoms with Crippen molar-refractivity contribution in [1.82, 2.24) is 4.72 Å². The lowest BCUT2D eigenvalue weighted by Crippen LogP contribution is -2.29. The average molecular weight is 363 g/mol. The summed E-state index contributed by atoms with van der Waals surface area (Å²) in [5, 5.41) is 2.77. The lowest BCUT2D eigenvalue weighted by atomic mass is 10.2. The van der Waals surface area contributed by atoms with Crippen LogP contribution in [0, 0.1) is 6.92 Å². The number of halogens is 1. The number of rotatable bonds is 5. The number of alkyl halides is 1. The molecule has 0 aliphatic heterocycles. The van der Waals surface area contributed by atoms with E-state index in [0.29, 0.717) is 11.3 Å². The van der Waals surface area contributed by atoms with Gasteiger partial charge in [0.05, 0.1) is 10.2 Å². The quantitative estimate of drug-likeness (QED) is 0.777. The van der Waals surface area contributed by atoms with E-state index >= 15 is 0 Å². The molecule has 0 bridgehead atoms.